The highest BCUT2D eigenvalue weighted by Gasteiger charge is 2.70. The molecule has 0 radical (unpaired) electrons. The molecule has 226 valence electrons. The molecule has 0 spiro atoms. The molecule has 4 aliphatic carbocycles. The van der Waals surface area contributed by atoms with Crippen LogP contribution in [0.2, 0.25) is 0 Å². The zero-order valence-electron chi connectivity index (χ0n) is 25.8. The van der Waals surface area contributed by atoms with Gasteiger partial charge in [0.1, 0.15) is 6.10 Å². The third kappa shape index (κ3) is 5.09. The summed E-state index contributed by atoms with van der Waals surface area (Å²) in [5, 5.41) is 35.0. The third-order valence-electron chi connectivity index (χ3n) is 12.0. The Bertz CT molecular complexity index is 1050. The fraction of sp³-hybridized carbons (Fsp3) is 0.818. The highest BCUT2D eigenvalue weighted by Crippen LogP contribution is 2.74. The Morgan fingerprint density at radius 3 is 2.38 bits per heavy atom. The average Bonchev–Trinajstić information content (AvgIpc) is 3.14. The first-order chi connectivity index (χ1) is 18.7. The van der Waals surface area contributed by atoms with Crippen LogP contribution in [0, 0.1) is 39.9 Å². The molecule has 1 amide bonds. The van der Waals surface area contributed by atoms with Gasteiger partial charge in [-0.25, -0.2) is 0 Å². The van der Waals surface area contributed by atoms with Crippen LogP contribution in [0.3, 0.4) is 0 Å². The summed E-state index contributed by atoms with van der Waals surface area (Å²) in [7, 11) is 0. The second kappa shape index (κ2) is 11.5. The maximum atomic E-state index is 13.6. The van der Waals surface area contributed by atoms with Crippen molar-refractivity contribution in [1.82, 2.24) is 5.32 Å². The number of amides is 1. The summed E-state index contributed by atoms with van der Waals surface area (Å²) in [5.41, 5.74) is 2.08. The van der Waals surface area contributed by atoms with Gasteiger partial charge in [0.25, 0.3) is 0 Å². The van der Waals surface area contributed by atoms with E-state index in [4.69, 9.17) is 4.74 Å². The third-order valence-corrected chi connectivity index (χ3v) is 12.0. The number of aliphatic hydroxyl groups is 3. The first-order valence-electron chi connectivity index (χ1n) is 15.5. The normalized spacial score (nSPS) is 43.6. The van der Waals surface area contributed by atoms with E-state index in [1.807, 2.05) is 13.8 Å². The van der Waals surface area contributed by atoms with Crippen molar-refractivity contribution in [3.05, 3.63) is 22.8 Å². The molecule has 0 heterocycles. The minimum atomic E-state index is -0.552. The molecule has 7 heteroatoms. The van der Waals surface area contributed by atoms with Crippen LogP contribution in [0.1, 0.15) is 99.8 Å². The molecule has 0 aliphatic heterocycles. The van der Waals surface area contributed by atoms with Gasteiger partial charge in [0.05, 0.1) is 18.8 Å². The number of hydrogen-bond acceptors (Lipinski definition) is 6. The van der Waals surface area contributed by atoms with Crippen molar-refractivity contribution in [2.24, 2.45) is 39.9 Å². The van der Waals surface area contributed by atoms with Gasteiger partial charge in [-0.05, 0) is 111 Å². The summed E-state index contributed by atoms with van der Waals surface area (Å²) in [6, 6.07) is 0. The SMILES string of the molecule is CC(=O)O[C@H]1C[C@@]2(C)[C@@H](C[C@@H](O)[C@H]3[C@@]4(C)CC[C@@H](O)[C@@H](C)[C@@H]4CC[C@@]32C)/C1=C(\CCC=C(C)C)C(=O)NCCO. The average molecular weight is 560 g/mol. The molecule has 0 bridgehead atoms. The Kier molecular flexibility index (Phi) is 9.00. The van der Waals surface area contributed by atoms with Crippen molar-refractivity contribution in [3.8, 4) is 0 Å². The van der Waals surface area contributed by atoms with Crippen LogP contribution < -0.4 is 5.32 Å². The number of ether oxygens (including phenoxy) is 1. The van der Waals surface area contributed by atoms with Crippen molar-refractivity contribution in [3.63, 3.8) is 0 Å². The largest absolute Gasteiger partial charge is 0.458 e. The van der Waals surface area contributed by atoms with Crippen LogP contribution in [-0.4, -0.2) is 58.7 Å². The number of esters is 1. The van der Waals surface area contributed by atoms with E-state index >= 15 is 0 Å². The molecule has 4 N–H and O–H groups in total. The second-order valence-corrected chi connectivity index (χ2v) is 14.3. The summed E-state index contributed by atoms with van der Waals surface area (Å²) in [6.45, 7) is 14.7. The molecule has 4 aliphatic rings. The number of aliphatic hydroxyl groups excluding tert-OH is 3. The molecule has 10 atom stereocenters. The highest BCUT2D eigenvalue weighted by atomic mass is 16.5. The Balaban J connectivity index is 1.83. The molecule has 0 aromatic carbocycles. The number of carbonyl (C=O) groups is 2. The summed E-state index contributed by atoms with van der Waals surface area (Å²) >= 11 is 0. The van der Waals surface area contributed by atoms with Crippen LogP contribution in [0.25, 0.3) is 0 Å². The lowest BCUT2D eigenvalue weighted by Crippen LogP contribution is -2.65. The molecule has 4 fully saturated rings. The van der Waals surface area contributed by atoms with Gasteiger partial charge >= 0.3 is 5.97 Å². The molecule has 0 saturated heterocycles. The molecule has 0 unspecified atom stereocenters. The Labute approximate surface area is 240 Å². The van der Waals surface area contributed by atoms with Crippen molar-refractivity contribution in [2.75, 3.05) is 13.2 Å². The number of nitrogens with one attached hydrogen (secondary N) is 1. The number of allylic oxidation sites excluding steroid dienone is 2. The van der Waals surface area contributed by atoms with Crippen molar-refractivity contribution in [1.29, 1.82) is 0 Å². The Morgan fingerprint density at radius 1 is 1.05 bits per heavy atom. The maximum Gasteiger partial charge on any atom is 0.303 e. The Morgan fingerprint density at radius 2 is 1.75 bits per heavy atom. The zero-order valence-corrected chi connectivity index (χ0v) is 25.8. The van der Waals surface area contributed by atoms with Crippen LogP contribution >= 0.6 is 0 Å². The smallest absolute Gasteiger partial charge is 0.303 e. The predicted molar refractivity (Wildman–Crippen MR) is 155 cm³/mol. The Hall–Kier alpha value is -1.70. The van der Waals surface area contributed by atoms with Crippen LogP contribution in [0.4, 0.5) is 0 Å². The quantitative estimate of drug-likeness (QED) is 0.204. The summed E-state index contributed by atoms with van der Waals surface area (Å²) < 4.78 is 6.01. The van der Waals surface area contributed by atoms with Crippen molar-refractivity contribution in [2.45, 2.75) is 118 Å². The van der Waals surface area contributed by atoms with Crippen LogP contribution in [0.5, 0.6) is 0 Å². The molecule has 0 aromatic rings. The monoisotopic (exact) mass is 559 g/mol. The maximum absolute atomic E-state index is 13.6. The lowest BCUT2D eigenvalue weighted by molar-refractivity contribution is -0.234. The standard InChI is InChI=1S/C33H53NO6/c1-19(2)9-8-10-22(30(39)34-15-16-35)28-24-17-26(38)29-31(5)13-12-25(37)20(3)23(31)11-14-32(29,6)33(24,7)18-27(28)40-21(4)36/h9,20,23-27,29,35,37-38H,8,10-18H2,1-7H3,(H,34,39)/b28-22-/t20-,23-,24-,25+,26+,27-,29-,31-,32-,33-/m0/s1. The lowest BCUT2D eigenvalue weighted by Gasteiger charge is -2.69. The molecular weight excluding hydrogens is 506 g/mol. The summed E-state index contributed by atoms with van der Waals surface area (Å²) in [6.07, 6.45) is 6.69. The number of fused-ring (bicyclic) bond motifs is 5. The van der Waals surface area contributed by atoms with E-state index in [0.717, 1.165) is 31.3 Å². The van der Waals surface area contributed by atoms with E-state index in [2.05, 4.69) is 39.1 Å². The molecule has 0 aromatic heterocycles. The van der Waals surface area contributed by atoms with E-state index in [-0.39, 0.29) is 65.1 Å². The molecular formula is C33H53NO6. The van der Waals surface area contributed by atoms with E-state index in [0.29, 0.717) is 37.2 Å². The van der Waals surface area contributed by atoms with Gasteiger partial charge in [0, 0.05) is 19.0 Å². The van der Waals surface area contributed by atoms with E-state index in [9.17, 15) is 24.9 Å². The second-order valence-electron chi connectivity index (χ2n) is 14.3. The van der Waals surface area contributed by atoms with Crippen LogP contribution in [0.15, 0.2) is 22.8 Å². The van der Waals surface area contributed by atoms with E-state index < -0.39 is 12.2 Å². The summed E-state index contributed by atoms with van der Waals surface area (Å²) in [5.74, 6) is -0.0668. The minimum absolute atomic E-state index is 0.0598. The van der Waals surface area contributed by atoms with Gasteiger partial charge in [0.15, 0.2) is 0 Å². The predicted octanol–water partition coefficient (Wildman–Crippen LogP) is 4.69. The zero-order chi connectivity index (χ0) is 29.6. The first kappa shape index (κ1) is 31.2. The van der Waals surface area contributed by atoms with Gasteiger partial charge in [-0.15, -0.1) is 0 Å². The fourth-order valence-corrected chi connectivity index (χ4v) is 10.1. The van der Waals surface area contributed by atoms with Crippen LogP contribution in [-0.2, 0) is 14.3 Å². The molecule has 4 rings (SSSR count). The van der Waals surface area contributed by atoms with Gasteiger partial charge in [0.2, 0.25) is 5.91 Å². The first-order valence-corrected chi connectivity index (χ1v) is 15.5. The number of rotatable bonds is 7. The molecule has 7 nitrogen and oxygen atoms in total. The minimum Gasteiger partial charge on any atom is -0.458 e. The lowest BCUT2D eigenvalue weighted by atomic mass is 9.36. The van der Waals surface area contributed by atoms with Crippen molar-refractivity contribution >= 4 is 11.9 Å². The highest BCUT2D eigenvalue weighted by molar-refractivity contribution is 5.94. The number of carbonyl (C=O) groups excluding carboxylic acids is 2. The molecule has 40 heavy (non-hydrogen) atoms. The molecule has 4 saturated carbocycles. The van der Waals surface area contributed by atoms with Gasteiger partial charge in [-0.3, -0.25) is 9.59 Å². The van der Waals surface area contributed by atoms with Gasteiger partial charge in [-0.2, -0.15) is 0 Å². The van der Waals surface area contributed by atoms with E-state index in [1.54, 1.807) is 0 Å². The fourth-order valence-electron chi connectivity index (χ4n) is 10.1. The van der Waals surface area contributed by atoms with Crippen molar-refractivity contribution < 1.29 is 29.6 Å². The van der Waals surface area contributed by atoms with Gasteiger partial charge < -0.3 is 25.4 Å². The van der Waals surface area contributed by atoms with Gasteiger partial charge in [-0.1, -0.05) is 39.3 Å². The summed E-state index contributed by atoms with van der Waals surface area (Å²) in [4.78, 5) is 26.0. The topological polar surface area (TPSA) is 116 Å². The van der Waals surface area contributed by atoms with E-state index in [1.165, 1.54) is 12.5 Å². The number of hydrogen-bond donors (Lipinski definition) is 4.